The van der Waals surface area contributed by atoms with Gasteiger partial charge in [-0.15, -0.1) is 0 Å². The Morgan fingerprint density at radius 1 is 1.35 bits per heavy atom. The zero-order valence-electron chi connectivity index (χ0n) is 10.8. The number of nitrogens with zero attached hydrogens (tertiary/aromatic N) is 1. The zero-order valence-corrected chi connectivity index (χ0v) is 11.6. The number of rotatable bonds is 5. The van der Waals surface area contributed by atoms with Crippen molar-refractivity contribution < 1.29 is 8.42 Å². The van der Waals surface area contributed by atoms with Crippen molar-refractivity contribution in [3.63, 3.8) is 0 Å². The summed E-state index contributed by atoms with van der Waals surface area (Å²) in [5.41, 5.74) is 1.89. The van der Waals surface area contributed by atoms with Gasteiger partial charge in [0.05, 0.1) is 10.4 Å². The zero-order chi connectivity index (χ0) is 13.1. The van der Waals surface area contributed by atoms with E-state index < -0.39 is 14.6 Å². The Bertz CT molecular complexity index is 481. The summed E-state index contributed by atoms with van der Waals surface area (Å²) in [6.07, 6.45) is 1.26. The van der Waals surface area contributed by atoms with Crippen LogP contribution in [0.1, 0.15) is 25.2 Å². The third-order valence-electron chi connectivity index (χ3n) is 2.81. The van der Waals surface area contributed by atoms with Gasteiger partial charge < -0.3 is 5.32 Å². The van der Waals surface area contributed by atoms with E-state index in [4.69, 9.17) is 0 Å². The summed E-state index contributed by atoms with van der Waals surface area (Å²) in [6.45, 7) is 6.38. The standard InChI is InChI=1S/C12H20N2O2S/c1-10-6-5-7-11(14-10)8-13-9-12(2,3)17(4,15)16/h5-7,13H,8-9H2,1-4H3. The molecule has 0 unspecified atom stereocenters. The maximum atomic E-state index is 11.5. The number of aromatic nitrogens is 1. The van der Waals surface area contributed by atoms with Crippen molar-refractivity contribution >= 4 is 9.84 Å². The highest BCUT2D eigenvalue weighted by Gasteiger charge is 2.29. The van der Waals surface area contributed by atoms with Gasteiger partial charge in [-0.05, 0) is 32.9 Å². The Balaban J connectivity index is 2.54. The molecule has 0 aliphatic carbocycles. The molecule has 1 aromatic heterocycles. The smallest absolute Gasteiger partial charge is 0.153 e. The van der Waals surface area contributed by atoms with Crippen LogP contribution in [-0.4, -0.2) is 30.9 Å². The molecule has 4 nitrogen and oxygen atoms in total. The number of hydrogen-bond acceptors (Lipinski definition) is 4. The lowest BCUT2D eigenvalue weighted by molar-refractivity contribution is 0.519. The highest BCUT2D eigenvalue weighted by atomic mass is 32.2. The van der Waals surface area contributed by atoms with E-state index >= 15 is 0 Å². The summed E-state index contributed by atoms with van der Waals surface area (Å²) < 4.78 is 22.2. The van der Waals surface area contributed by atoms with Gasteiger partial charge in [0, 0.05) is 25.0 Å². The fraction of sp³-hybridized carbons (Fsp3) is 0.583. The van der Waals surface area contributed by atoms with Crippen LogP contribution in [0.4, 0.5) is 0 Å². The van der Waals surface area contributed by atoms with E-state index in [0.717, 1.165) is 11.4 Å². The Hall–Kier alpha value is -0.940. The predicted molar refractivity (Wildman–Crippen MR) is 69.6 cm³/mol. The lowest BCUT2D eigenvalue weighted by Gasteiger charge is -2.22. The van der Waals surface area contributed by atoms with Crippen LogP contribution in [0, 0.1) is 6.92 Å². The Morgan fingerprint density at radius 2 is 2.00 bits per heavy atom. The number of hydrogen-bond donors (Lipinski definition) is 1. The third kappa shape index (κ3) is 4.09. The molecule has 96 valence electrons. The molecule has 0 radical (unpaired) electrons. The van der Waals surface area contributed by atoms with Crippen LogP contribution in [0.2, 0.25) is 0 Å². The normalized spacial score (nSPS) is 12.7. The fourth-order valence-electron chi connectivity index (χ4n) is 1.32. The first-order chi connectivity index (χ1) is 7.72. The first-order valence-electron chi connectivity index (χ1n) is 5.55. The van der Waals surface area contributed by atoms with E-state index in [0.29, 0.717) is 13.1 Å². The summed E-state index contributed by atoms with van der Waals surface area (Å²) in [4.78, 5) is 4.34. The molecule has 0 saturated heterocycles. The molecule has 0 aliphatic rings. The van der Waals surface area contributed by atoms with E-state index in [2.05, 4.69) is 10.3 Å². The SMILES string of the molecule is Cc1cccc(CNCC(C)(C)S(C)(=O)=O)n1. The second kappa shape index (κ2) is 5.14. The molecule has 0 saturated carbocycles. The lowest BCUT2D eigenvalue weighted by Crippen LogP contribution is -2.41. The van der Waals surface area contributed by atoms with Crippen LogP contribution in [0.5, 0.6) is 0 Å². The summed E-state index contributed by atoms with van der Waals surface area (Å²) in [6, 6.07) is 5.80. The van der Waals surface area contributed by atoms with Crippen molar-refractivity contribution in [2.75, 3.05) is 12.8 Å². The molecular weight excluding hydrogens is 236 g/mol. The van der Waals surface area contributed by atoms with Gasteiger partial charge in [-0.2, -0.15) is 0 Å². The number of nitrogens with one attached hydrogen (secondary N) is 1. The summed E-state index contributed by atoms with van der Waals surface area (Å²) in [5, 5.41) is 3.13. The molecule has 0 spiro atoms. The molecule has 0 aromatic carbocycles. The molecule has 1 heterocycles. The molecule has 0 fully saturated rings. The van der Waals surface area contributed by atoms with E-state index in [9.17, 15) is 8.42 Å². The second-order valence-corrected chi connectivity index (χ2v) is 7.56. The fourth-order valence-corrected chi connectivity index (χ4v) is 1.68. The highest BCUT2D eigenvalue weighted by Crippen LogP contribution is 2.13. The second-order valence-electron chi connectivity index (χ2n) is 4.91. The maximum absolute atomic E-state index is 11.5. The molecule has 0 atom stereocenters. The van der Waals surface area contributed by atoms with Gasteiger partial charge in [0.1, 0.15) is 0 Å². The average Bonchev–Trinajstić information content (AvgIpc) is 2.15. The monoisotopic (exact) mass is 256 g/mol. The Kier molecular flexibility index (Phi) is 4.27. The molecule has 5 heteroatoms. The van der Waals surface area contributed by atoms with Crippen LogP contribution >= 0.6 is 0 Å². The van der Waals surface area contributed by atoms with Crippen molar-refractivity contribution in [2.45, 2.75) is 32.1 Å². The summed E-state index contributed by atoms with van der Waals surface area (Å²) in [5.74, 6) is 0. The van der Waals surface area contributed by atoms with Crippen molar-refractivity contribution in [1.82, 2.24) is 10.3 Å². The van der Waals surface area contributed by atoms with Crippen LogP contribution in [-0.2, 0) is 16.4 Å². The van der Waals surface area contributed by atoms with Crippen molar-refractivity contribution in [1.29, 1.82) is 0 Å². The van der Waals surface area contributed by atoms with Crippen molar-refractivity contribution in [3.8, 4) is 0 Å². The topological polar surface area (TPSA) is 59.1 Å². The molecule has 17 heavy (non-hydrogen) atoms. The van der Waals surface area contributed by atoms with Gasteiger partial charge in [-0.3, -0.25) is 4.98 Å². The van der Waals surface area contributed by atoms with E-state index in [1.807, 2.05) is 25.1 Å². The van der Waals surface area contributed by atoms with Gasteiger partial charge in [-0.25, -0.2) is 8.42 Å². The largest absolute Gasteiger partial charge is 0.310 e. The molecule has 0 amide bonds. The Labute approximate surface area is 103 Å². The van der Waals surface area contributed by atoms with Crippen LogP contribution in [0.3, 0.4) is 0 Å². The first-order valence-corrected chi connectivity index (χ1v) is 7.44. The van der Waals surface area contributed by atoms with Crippen LogP contribution < -0.4 is 5.32 Å². The number of aryl methyl sites for hydroxylation is 1. The number of pyridine rings is 1. The van der Waals surface area contributed by atoms with Crippen LogP contribution in [0.15, 0.2) is 18.2 Å². The molecular formula is C12H20N2O2S. The molecule has 0 bridgehead atoms. The minimum Gasteiger partial charge on any atom is -0.310 e. The van der Waals surface area contributed by atoms with Crippen molar-refractivity contribution in [2.24, 2.45) is 0 Å². The Morgan fingerprint density at radius 3 is 2.53 bits per heavy atom. The van der Waals surface area contributed by atoms with Crippen molar-refractivity contribution in [3.05, 3.63) is 29.6 Å². The average molecular weight is 256 g/mol. The minimum atomic E-state index is -3.05. The summed E-state index contributed by atoms with van der Waals surface area (Å²) >= 11 is 0. The van der Waals surface area contributed by atoms with Gasteiger partial charge >= 0.3 is 0 Å². The molecule has 1 aromatic rings. The van der Waals surface area contributed by atoms with Gasteiger partial charge in [-0.1, -0.05) is 6.07 Å². The van der Waals surface area contributed by atoms with E-state index in [-0.39, 0.29) is 0 Å². The molecule has 1 rings (SSSR count). The number of sulfone groups is 1. The minimum absolute atomic E-state index is 0.418. The third-order valence-corrected chi connectivity index (χ3v) is 4.96. The van der Waals surface area contributed by atoms with Crippen LogP contribution in [0.25, 0.3) is 0 Å². The molecule has 1 N–H and O–H groups in total. The predicted octanol–water partition coefficient (Wildman–Crippen LogP) is 1.30. The van der Waals surface area contributed by atoms with E-state index in [1.165, 1.54) is 6.26 Å². The lowest BCUT2D eigenvalue weighted by atomic mass is 10.2. The summed E-state index contributed by atoms with van der Waals surface area (Å²) in [7, 11) is -3.05. The van der Waals surface area contributed by atoms with Gasteiger partial charge in [0.25, 0.3) is 0 Å². The van der Waals surface area contributed by atoms with Gasteiger partial charge in [0.15, 0.2) is 9.84 Å². The van der Waals surface area contributed by atoms with Gasteiger partial charge in [0.2, 0.25) is 0 Å². The quantitative estimate of drug-likeness (QED) is 0.863. The first kappa shape index (κ1) is 14.1. The highest BCUT2D eigenvalue weighted by molar-refractivity contribution is 7.92. The molecule has 0 aliphatic heterocycles. The van der Waals surface area contributed by atoms with E-state index in [1.54, 1.807) is 13.8 Å². The maximum Gasteiger partial charge on any atom is 0.153 e.